The predicted molar refractivity (Wildman–Crippen MR) is 104 cm³/mol. The van der Waals surface area contributed by atoms with E-state index in [0.717, 1.165) is 24.3 Å². The van der Waals surface area contributed by atoms with E-state index < -0.39 is 0 Å². The molecule has 1 aromatic carbocycles. The smallest absolute Gasteiger partial charge is 0.322 e. The summed E-state index contributed by atoms with van der Waals surface area (Å²) in [5.41, 5.74) is 2.05. The number of carbonyl (C=O) groups excluding carboxylic acids is 2. The fraction of sp³-hybridized carbons (Fsp3) is 0.450. The van der Waals surface area contributed by atoms with Crippen LogP contribution in [-0.4, -0.2) is 42.2 Å². The van der Waals surface area contributed by atoms with Crippen molar-refractivity contribution in [1.82, 2.24) is 10.1 Å². The van der Waals surface area contributed by atoms with Gasteiger partial charge in [0.2, 0.25) is 0 Å². The topological polar surface area (TPSA) is 87.9 Å². The molecule has 1 aromatic heterocycles. The van der Waals surface area contributed by atoms with Crippen molar-refractivity contribution in [3.05, 3.63) is 35.7 Å². The highest BCUT2D eigenvalue weighted by molar-refractivity contribution is 5.99. The van der Waals surface area contributed by atoms with Crippen molar-refractivity contribution in [3.8, 4) is 5.75 Å². The highest BCUT2D eigenvalue weighted by Crippen LogP contribution is 2.35. The molecular weight excluding hydrogens is 360 g/mol. The fourth-order valence-electron chi connectivity index (χ4n) is 3.60. The first kappa shape index (κ1) is 18.3. The van der Waals surface area contributed by atoms with Crippen molar-refractivity contribution in [2.45, 2.75) is 38.6 Å². The molecule has 1 N–H and O–H groups in total. The van der Waals surface area contributed by atoms with Crippen LogP contribution in [0.5, 0.6) is 5.75 Å². The number of hydrogen-bond donors (Lipinski definition) is 1. The molecule has 1 fully saturated rings. The molecule has 4 rings (SSSR count). The number of fused-ring (bicyclic) bond motifs is 1. The van der Waals surface area contributed by atoms with Gasteiger partial charge in [0.25, 0.3) is 5.91 Å². The zero-order valence-corrected chi connectivity index (χ0v) is 16.3. The van der Waals surface area contributed by atoms with Crippen LogP contribution in [0.25, 0.3) is 0 Å². The molecular formula is C20H24N4O4. The number of ether oxygens (including phenoxy) is 1. The molecule has 8 nitrogen and oxygen atoms in total. The Morgan fingerprint density at radius 2 is 2.14 bits per heavy atom. The Morgan fingerprint density at radius 3 is 2.89 bits per heavy atom. The second kappa shape index (κ2) is 7.18. The van der Waals surface area contributed by atoms with Crippen molar-refractivity contribution in [2.24, 2.45) is 0 Å². The van der Waals surface area contributed by atoms with Gasteiger partial charge < -0.3 is 24.4 Å². The molecule has 3 amide bonds. The number of benzene rings is 1. The average molecular weight is 384 g/mol. The molecule has 148 valence electrons. The van der Waals surface area contributed by atoms with E-state index in [4.69, 9.17) is 9.26 Å². The van der Waals surface area contributed by atoms with Crippen LogP contribution in [0.1, 0.15) is 50.1 Å². The summed E-state index contributed by atoms with van der Waals surface area (Å²) in [6, 6.07) is 6.95. The van der Waals surface area contributed by atoms with E-state index in [1.165, 1.54) is 4.90 Å². The molecule has 28 heavy (non-hydrogen) atoms. The summed E-state index contributed by atoms with van der Waals surface area (Å²) in [6.07, 6.45) is 1.77. The molecule has 1 atom stereocenters. The molecule has 0 bridgehead atoms. The maximum atomic E-state index is 12.9. The Kier molecular flexibility index (Phi) is 4.70. The normalized spacial score (nSPS) is 19.0. The highest BCUT2D eigenvalue weighted by Gasteiger charge is 2.33. The molecule has 3 heterocycles. The van der Waals surface area contributed by atoms with Crippen molar-refractivity contribution in [3.63, 3.8) is 0 Å². The van der Waals surface area contributed by atoms with Gasteiger partial charge in [-0.3, -0.25) is 4.79 Å². The standard InChI is InChI=1S/C20H24N4O4/c1-12(2)18-10-14(22-28-18)15-5-4-8-24(15)20(26)21-13-6-7-17-16(9-13)23(3)19(25)11-27-17/h6-7,9-10,12,15H,4-5,8,11H2,1-3H3,(H,21,26)/t15-/m0/s1. The van der Waals surface area contributed by atoms with Crippen LogP contribution < -0.4 is 15.0 Å². The molecule has 2 aliphatic rings. The Bertz CT molecular complexity index is 907. The molecule has 0 aliphatic carbocycles. The first-order valence-corrected chi connectivity index (χ1v) is 9.51. The minimum Gasteiger partial charge on any atom is -0.482 e. The van der Waals surface area contributed by atoms with E-state index in [-0.39, 0.29) is 30.5 Å². The van der Waals surface area contributed by atoms with Crippen LogP contribution in [-0.2, 0) is 4.79 Å². The van der Waals surface area contributed by atoms with Gasteiger partial charge in [-0.05, 0) is 31.0 Å². The first-order valence-electron chi connectivity index (χ1n) is 9.51. The van der Waals surface area contributed by atoms with Crippen molar-refractivity contribution < 1.29 is 18.8 Å². The van der Waals surface area contributed by atoms with Gasteiger partial charge in [0, 0.05) is 31.3 Å². The maximum absolute atomic E-state index is 12.9. The first-order chi connectivity index (χ1) is 13.4. The van der Waals surface area contributed by atoms with Gasteiger partial charge in [-0.15, -0.1) is 0 Å². The molecule has 1 saturated heterocycles. The largest absolute Gasteiger partial charge is 0.482 e. The SMILES string of the molecule is CC(C)c1cc([C@@H]2CCCN2C(=O)Nc2ccc3c(c2)N(C)C(=O)CO3)no1. The maximum Gasteiger partial charge on any atom is 0.322 e. The Morgan fingerprint density at radius 1 is 1.32 bits per heavy atom. The number of urea groups is 1. The van der Waals surface area contributed by atoms with Gasteiger partial charge >= 0.3 is 6.03 Å². The summed E-state index contributed by atoms with van der Waals surface area (Å²) < 4.78 is 10.8. The van der Waals surface area contributed by atoms with Crippen LogP contribution in [0.2, 0.25) is 0 Å². The number of aromatic nitrogens is 1. The van der Waals surface area contributed by atoms with Crippen LogP contribution in [0.15, 0.2) is 28.8 Å². The van der Waals surface area contributed by atoms with E-state index in [1.54, 1.807) is 30.1 Å². The number of nitrogens with zero attached hydrogens (tertiary/aromatic N) is 3. The number of amides is 3. The minimum atomic E-state index is -0.192. The van der Waals surface area contributed by atoms with E-state index in [1.807, 2.05) is 19.9 Å². The Balaban J connectivity index is 1.50. The summed E-state index contributed by atoms with van der Waals surface area (Å²) in [4.78, 5) is 28.1. The summed E-state index contributed by atoms with van der Waals surface area (Å²) in [5, 5.41) is 7.11. The predicted octanol–water partition coefficient (Wildman–Crippen LogP) is 3.52. The lowest BCUT2D eigenvalue weighted by molar-refractivity contribution is -0.120. The summed E-state index contributed by atoms with van der Waals surface area (Å²) in [5.74, 6) is 1.58. The van der Waals surface area contributed by atoms with E-state index in [2.05, 4.69) is 10.5 Å². The third-order valence-corrected chi connectivity index (χ3v) is 5.27. The molecule has 8 heteroatoms. The van der Waals surface area contributed by atoms with Gasteiger partial charge in [0.15, 0.2) is 6.61 Å². The van der Waals surface area contributed by atoms with Crippen LogP contribution in [0.4, 0.5) is 16.2 Å². The molecule has 2 aromatic rings. The Labute approximate surface area is 163 Å². The Hall–Kier alpha value is -3.03. The third-order valence-electron chi connectivity index (χ3n) is 5.27. The number of nitrogens with one attached hydrogen (secondary N) is 1. The highest BCUT2D eigenvalue weighted by atomic mass is 16.5. The summed E-state index contributed by atoms with van der Waals surface area (Å²) >= 11 is 0. The molecule has 0 saturated carbocycles. The minimum absolute atomic E-state index is 0.0285. The third kappa shape index (κ3) is 3.30. The second-order valence-electron chi connectivity index (χ2n) is 7.51. The number of hydrogen-bond acceptors (Lipinski definition) is 5. The second-order valence-corrected chi connectivity index (χ2v) is 7.51. The van der Waals surface area contributed by atoms with E-state index in [0.29, 0.717) is 23.7 Å². The van der Waals surface area contributed by atoms with Gasteiger partial charge in [0.1, 0.15) is 17.2 Å². The van der Waals surface area contributed by atoms with Crippen molar-refractivity contribution in [2.75, 3.05) is 30.4 Å². The van der Waals surface area contributed by atoms with Crippen LogP contribution in [0, 0.1) is 0 Å². The summed E-state index contributed by atoms with van der Waals surface area (Å²) in [7, 11) is 1.70. The number of rotatable bonds is 3. The lowest BCUT2D eigenvalue weighted by Gasteiger charge is -2.27. The zero-order valence-electron chi connectivity index (χ0n) is 16.3. The van der Waals surface area contributed by atoms with Gasteiger partial charge in [0.05, 0.1) is 11.7 Å². The van der Waals surface area contributed by atoms with Crippen LogP contribution in [0.3, 0.4) is 0 Å². The number of likely N-dealkylation sites (tertiary alicyclic amines) is 1. The fourth-order valence-corrected chi connectivity index (χ4v) is 3.60. The molecule has 2 aliphatic heterocycles. The molecule has 0 radical (unpaired) electrons. The zero-order chi connectivity index (χ0) is 19.8. The quantitative estimate of drug-likeness (QED) is 0.875. The van der Waals surface area contributed by atoms with Gasteiger partial charge in [-0.25, -0.2) is 4.79 Å². The summed E-state index contributed by atoms with van der Waals surface area (Å²) in [6.45, 7) is 4.78. The number of likely N-dealkylation sites (N-methyl/N-ethyl adjacent to an activating group) is 1. The number of anilines is 2. The molecule has 0 unspecified atom stereocenters. The lowest BCUT2D eigenvalue weighted by atomic mass is 10.1. The van der Waals surface area contributed by atoms with Crippen molar-refractivity contribution in [1.29, 1.82) is 0 Å². The number of carbonyl (C=O) groups is 2. The van der Waals surface area contributed by atoms with Gasteiger partial charge in [-0.1, -0.05) is 19.0 Å². The van der Waals surface area contributed by atoms with Crippen molar-refractivity contribution >= 4 is 23.3 Å². The average Bonchev–Trinajstić information content (AvgIpc) is 3.34. The van der Waals surface area contributed by atoms with Gasteiger partial charge in [-0.2, -0.15) is 0 Å². The molecule has 0 spiro atoms. The monoisotopic (exact) mass is 384 g/mol. The van der Waals surface area contributed by atoms with Crippen LogP contribution >= 0.6 is 0 Å². The van der Waals surface area contributed by atoms with E-state index >= 15 is 0 Å². The lowest BCUT2D eigenvalue weighted by Crippen LogP contribution is -2.36. The van der Waals surface area contributed by atoms with E-state index in [9.17, 15) is 9.59 Å².